The van der Waals surface area contributed by atoms with E-state index in [1.807, 2.05) is 58.2 Å². The molecule has 5 nitrogen and oxygen atoms in total. The van der Waals surface area contributed by atoms with Crippen molar-refractivity contribution in [2.24, 2.45) is 7.05 Å². The van der Waals surface area contributed by atoms with E-state index in [-0.39, 0.29) is 18.1 Å². The number of carbonyl (C=O) groups is 1. The molecule has 0 saturated heterocycles. The normalized spacial score (nSPS) is 13.9. The van der Waals surface area contributed by atoms with Gasteiger partial charge in [-0.25, -0.2) is 0 Å². The number of aromatic nitrogens is 2. The Morgan fingerprint density at radius 2 is 1.95 bits per heavy atom. The molecule has 0 aliphatic rings. The highest BCUT2D eigenvalue weighted by atomic mass is 16.4. The van der Waals surface area contributed by atoms with Gasteiger partial charge in [0.25, 0.3) is 0 Å². The Hall–Kier alpha value is -1.36. The third-order valence-electron chi connectivity index (χ3n) is 3.62. The third-order valence-corrected chi connectivity index (χ3v) is 3.62. The van der Waals surface area contributed by atoms with Crippen LogP contribution >= 0.6 is 0 Å². The average Bonchev–Trinajstić information content (AvgIpc) is 2.47. The number of carboxylic acid groups (broad SMARTS) is 1. The Morgan fingerprint density at radius 3 is 2.26 bits per heavy atom. The summed E-state index contributed by atoms with van der Waals surface area (Å²) in [5, 5.41) is 13.5. The molecule has 1 rings (SSSR count). The van der Waals surface area contributed by atoms with Crippen molar-refractivity contribution in [3.8, 4) is 0 Å². The molecule has 1 N–H and O–H groups in total. The van der Waals surface area contributed by atoms with E-state index in [0.717, 1.165) is 17.0 Å². The number of hydrogen-bond donors (Lipinski definition) is 1. The summed E-state index contributed by atoms with van der Waals surface area (Å²) in [4.78, 5) is 13.1. The smallest absolute Gasteiger partial charge is 0.317 e. The summed E-state index contributed by atoms with van der Waals surface area (Å²) in [6.45, 7) is 12.2. The van der Waals surface area contributed by atoms with Crippen molar-refractivity contribution in [3.05, 3.63) is 17.0 Å². The van der Waals surface area contributed by atoms with E-state index in [1.54, 1.807) is 0 Å². The largest absolute Gasteiger partial charge is 0.480 e. The highest BCUT2D eigenvalue weighted by Gasteiger charge is 2.31. The van der Waals surface area contributed by atoms with Crippen molar-refractivity contribution < 1.29 is 9.90 Å². The minimum atomic E-state index is -0.805. The monoisotopic (exact) mass is 267 g/mol. The third kappa shape index (κ3) is 3.35. The maximum atomic E-state index is 11.1. The molecule has 0 aliphatic carbocycles. The van der Waals surface area contributed by atoms with Crippen LogP contribution in [-0.4, -0.2) is 37.8 Å². The van der Waals surface area contributed by atoms with Gasteiger partial charge in [-0.05, 0) is 41.5 Å². The second-order valence-electron chi connectivity index (χ2n) is 6.08. The number of aliphatic carboxylic acids is 1. The summed E-state index contributed by atoms with van der Waals surface area (Å²) in [6, 6.07) is 0.0183. The maximum Gasteiger partial charge on any atom is 0.317 e. The molecule has 0 radical (unpaired) electrons. The zero-order chi connectivity index (χ0) is 15.0. The van der Waals surface area contributed by atoms with E-state index >= 15 is 0 Å². The molecule has 19 heavy (non-hydrogen) atoms. The molecule has 1 aromatic heterocycles. The highest BCUT2D eigenvalue weighted by Crippen LogP contribution is 2.31. The maximum absolute atomic E-state index is 11.1. The summed E-state index contributed by atoms with van der Waals surface area (Å²) in [6.07, 6.45) is 0. The summed E-state index contributed by atoms with van der Waals surface area (Å²) < 4.78 is 1.85. The first kappa shape index (κ1) is 15.7. The van der Waals surface area contributed by atoms with Crippen LogP contribution < -0.4 is 0 Å². The minimum Gasteiger partial charge on any atom is -0.480 e. The molecular weight excluding hydrogens is 242 g/mol. The lowest BCUT2D eigenvalue weighted by molar-refractivity contribution is -0.140. The second-order valence-corrected chi connectivity index (χ2v) is 6.08. The summed E-state index contributed by atoms with van der Waals surface area (Å²) in [5.74, 6) is -0.805. The standard InChI is InChI=1S/C14H25N3O2/c1-9-13(10(2)16(7)15-9)11(3)17(8-12(18)19)14(4,5)6/h11H,8H2,1-7H3,(H,18,19). The molecule has 0 fully saturated rings. The number of carboxylic acids is 1. The Labute approximate surface area is 115 Å². The second kappa shape index (κ2) is 5.33. The average molecular weight is 267 g/mol. The van der Waals surface area contributed by atoms with Gasteiger partial charge in [0.1, 0.15) is 0 Å². The molecule has 0 bridgehead atoms. The van der Waals surface area contributed by atoms with Crippen LogP contribution in [0.5, 0.6) is 0 Å². The fourth-order valence-corrected chi connectivity index (χ4v) is 2.65. The Kier molecular flexibility index (Phi) is 4.40. The minimum absolute atomic E-state index is 0.0183. The van der Waals surface area contributed by atoms with Gasteiger partial charge in [-0.1, -0.05) is 0 Å². The quantitative estimate of drug-likeness (QED) is 0.909. The van der Waals surface area contributed by atoms with Gasteiger partial charge >= 0.3 is 5.97 Å². The zero-order valence-corrected chi connectivity index (χ0v) is 13.0. The molecule has 0 spiro atoms. The summed E-state index contributed by atoms with van der Waals surface area (Å²) >= 11 is 0. The SMILES string of the molecule is Cc1nn(C)c(C)c1C(C)N(CC(=O)O)C(C)(C)C. The van der Waals surface area contributed by atoms with E-state index in [0.29, 0.717) is 0 Å². The van der Waals surface area contributed by atoms with E-state index < -0.39 is 5.97 Å². The zero-order valence-electron chi connectivity index (χ0n) is 13.0. The highest BCUT2D eigenvalue weighted by molar-refractivity contribution is 5.69. The molecule has 1 aromatic rings. The van der Waals surface area contributed by atoms with Crippen LogP contribution in [0, 0.1) is 13.8 Å². The van der Waals surface area contributed by atoms with Gasteiger partial charge in [0, 0.05) is 29.9 Å². The van der Waals surface area contributed by atoms with Gasteiger partial charge in [-0.2, -0.15) is 5.10 Å². The van der Waals surface area contributed by atoms with Gasteiger partial charge < -0.3 is 5.11 Å². The summed E-state index contributed by atoms with van der Waals surface area (Å²) in [7, 11) is 1.91. The molecule has 1 unspecified atom stereocenters. The first-order chi connectivity index (χ1) is 8.55. The van der Waals surface area contributed by atoms with Gasteiger partial charge in [0.2, 0.25) is 0 Å². The number of hydrogen-bond acceptors (Lipinski definition) is 3. The first-order valence-electron chi connectivity index (χ1n) is 6.54. The molecule has 0 aromatic carbocycles. The fourth-order valence-electron chi connectivity index (χ4n) is 2.65. The fraction of sp³-hybridized carbons (Fsp3) is 0.714. The Bertz CT molecular complexity index is 472. The number of aryl methyl sites for hydroxylation is 2. The topological polar surface area (TPSA) is 58.4 Å². The van der Waals surface area contributed by atoms with E-state index in [2.05, 4.69) is 5.10 Å². The van der Waals surface area contributed by atoms with Crippen LogP contribution in [-0.2, 0) is 11.8 Å². The van der Waals surface area contributed by atoms with E-state index in [9.17, 15) is 4.79 Å². The van der Waals surface area contributed by atoms with Crippen LogP contribution in [0.3, 0.4) is 0 Å². The van der Waals surface area contributed by atoms with Crippen LogP contribution in [0.4, 0.5) is 0 Å². The summed E-state index contributed by atoms with van der Waals surface area (Å²) in [5.41, 5.74) is 2.96. The van der Waals surface area contributed by atoms with Crippen LogP contribution in [0.25, 0.3) is 0 Å². The van der Waals surface area contributed by atoms with E-state index in [4.69, 9.17) is 5.11 Å². The molecule has 108 valence electrons. The van der Waals surface area contributed by atoms with Gasteiger partial charge in [0.05, 0.1) is 12.2 Å². The van der Waals surface area contributed by atoms with Gasteiger partial charge in [0.15, 0.2) is 0 Å². The van der Waals surface area contributed by atoms with Crippen molar-refractivity contribution in [1.29, 1.82) is 0 Å². The van der Waals surface area contributed by atoms with Crippen molar-refractivity contribution in [2.45, 2.75) is 53.1 Å². The van der Waals surface area contributed by atoms with Crippen LogP contribution in [0.2, 0.25) is 0 Å². The number of rotatable bonds is 4. The Morgan fingerprint density at radius 1 is 1.42 bits per heavy atom. The van der Waals surface area contributed by atoms with Crippen molar-refractivity contribution >= 4 is 5.97 Å². The lowest BCUT2D eigenvalue weighted by Crippen LogP contribution is -2.46. The van der Waals surface area contributed by atoms with Crippen LogP contribution in [0.15, 0.2) is 0 Å². The lowest BCUT2D eigenvalue weighted by atomic mass is 9.97. The molecule has 1 heterocycles. The lowest BCUT2D eigenvalue weighted by Gasteiger charge is -2.39. The number of nitrogens with zero attached hydrogens (tertiary/aromatic N) is 3. The van der Waals surface area contributed by atoms with Crippen molar-refractivity contribution in [2.75, 3.05) is 6.54 Å². The Balaban J connectivity index is 3.19. The van der Waals surface area contributed by atoms with Crippen molar-refractivity contribution in [1.82, 2.24) is 14.7 Å². The van der Waals surface area contributed by atoms with Crippen LogP contribution in [0.1, 0.15) is 50.7 Å². The van der Waals surface area contributed by atoms with Gasteiger partial charge in [-0.3, -0.25) is 14.4 Å². The molecule has 0 saturated carbocycles. The van der Waals surface area contributed by atoms with Crippen molar-refractivity contribution in [3.63, 3.8) is 0 Å². The van der Waals surface area contributed by atoms with E-state index in [1.165, 1.54) is 0 Å². The molecule has 0 amide bonds. The van der Waals surface area contributed by atoms with Gasteiger partial charge in [-0.15, -0.1) is 0 Å². The molecule has 1 atom stereocenters. The first-order valence-corrected chi connectivity index (χ1v) is 6.54. The molecular formula is C14H25N3O2. The molecule has 0 aliphatic heterocycles. The molecule has 5 heteroatoms. The predicted molar refractivity (Wildman–Crippen MR) is 75.2 cm³/mol. The predicted octanol–water partition coefficient (Wildman–Crippen LogP) is 2.28.